The Morgan fingerprint density at radius 3 is 2.54 bits per heavy atom. The van der Waals surface area contributed by atoms with Crippen LogP contribution in [-0.4, -0.2) is 48.2 Å². The van der Waals surface area contributed by atoms with Crippen molar-refractivity contribution in [1.29, 1.82) is 0 Å². The van der Waals surface area contributed by atoms with E-state index in [4.69, 9.17) is 0 Å². The maximum Gasteiger partial charge on any atom is 0.317 e. The van der Waals surface area contributed by atoms with E-state index >= 15 is 0 Å². The maximum absolute atomic E-state index is 12.4. The summed E-state index contributed by atoms with van der Waals surface area (Å²) < 4.78 is 0. The monoisotopic (exact) mass is 381 g/mol. The number of nitrogens with one attached hydrogen (secondary N) is 2. The number of aliphatic hydroxyl groups is 1. The molecule has 1 saturated heterocycles. The lowest BCUT2D eigenvalue weighted by atomic mass is 10.0. The molecule has 1 aliphatic heterocycles. The predicted molar refractivity (Wildman–Crippen MR) is 109 cm³/mol. The molecule has 6 heteroatoms. The van der Waals surface area contributed by atoms with E-state index in [9.17, 15) is 14.7 Å². The highest BCUT2D eigenvalue weighted by atomic mass is 16.3. The number of urea groups is 1. The molecule has 0 spiro atoms. The van der Waals surface area contributed by atoms with E-state index in [0.717, 1.165) is 11.1 Å². The van der Waals surface area contributed by atoms with Crippen LogP contribution in [0.1, 0.15) is 17.5 Å². The summed E-state index contributed by atoms with van der Waals surface area (Å²) in [6.45, 7) is 3.12. The summed E-state index contributed by atoms with van der Waals surface area (Å²) in [5.74, 6) is -0.348. The Labute approximate surface area is 165 Å². The van der Waals surface area contributed by atoms with Crippen molar-refractivity contribution in [2.75, 3.05) is 20.1 Å². The van der Waals surface area contributed by atoms with Gasteiger partial charge in [0, 0.05) is 39.0 Å². The quantitative estimate of drug-likeness (QED) is 0.743. The van der Waals surface area contributed by atoms with Gasteiger partial charge in [0.15, 0.2) is 0 Å². The van der Waals surface area contributed by atoms with Crippen molar-refractivity contribution in [2.24, 2.45) is 5.92 Å². The molecule has 3 amide bonds. The molecule has 0 unspecified atom stereocenters. The molecule has 3 N–H and O–H groups in total. The molecule has 0 saturated carbocycles. The number of hydrogen-bond donors (Lipinski definition) is 3. The van der Waals surface area contributed by atoms with Crippen LogP contribution in [0.4, 0.5) is 4.79 Å². The van der Waals surface area contributed by atoms with Crippen molar-refractivity contribution in [3.63, 3.8) is 0 Å². The second-order valence-electron chi connectivity index (χ2n) is 7.33. The van der Waals surface area contributed by atoms with Gasteiger partial charge in [0.05, 0.1) is 6.10 Å². The van der Waals surface area contributed by atoms with Crippen molar-refractivity contribution >= 4 is 11.9 Å². The fourth-order valence-electron chi connectivity index (χ4n) is 3.49. The third kappa shape index (κ3) is 4.89. The van der Waals surface area contributed by atoms with Crippen LogP contribution in [0.3, 0.4) is 0 Å². The normalized spacial score (nSPS) is 18.8. The summed E-state index contributed by atoms with van der Waals surface area (Å²) in [5.41, 5.74) is 4.53. The standard InChI is InChI=1S/C22H27N3O3/c1-15-4-3-5-18(10-15)17-8-6-16(7-9-17)12-24-22(28)25-13-19(20(26)14-25)11-21(27)23-2/h3-10,19-20,26H,11-14H2,1-2H3,(H,23,27)(H,24,28)/t19-,20-/m1/s1. The zero-order valence-corrected chi connectivity index (χ0v) is 16.3. The van der Waals surface area contributed by atoms with Gasteiger partial charge in [-0.05, 0) is 23.6 Å². The molecule has 1 heterocycles. The highest BCUT2D eigenvalue weighted by Gasteiger charge is 2.34. The summed E-state index contributed by atoms with van der Waals surface area (Å²) in [4.78, 5) is 25.5. The van der Waals surface area contributed by atoms with E-state index in [2.05, 4.69) is 47.9 Å². The van der Waals surface area contributed by atoms with Crippen LogP contribution in [0.5, 0.6) is 0 Å². The van der Waals surface area contributed by atoms with Gasteiger partial charge in [-0.15, -0.1) is 0 Å². The Morgan fingerprint density at radius 2 is 1.86 bits per heavy atom. The maximum atomic E-state index is 12.4. The molecule has 2 aromatic carbocycles. The van der Waals surface area contributed by atoms with Gasteiger partial charge in [-0.2, -0.15) is 0 Å². The number of aryl methyl sites for hydroxylation is 1. The Bertz CT molecular complexity index is 835. The smallest absolute Gasteiger partial charge is 0.317 e. The fourth-order valence-corrected chi connectivity index (χ4v) is 3.49. The van der Waals surface area contributed by atoms with E-state index in [1.54, 1.807) is 11.9 Å². The second-order valence-corrected chi connectivity index (χ2v) is 7.33. The first-order chi connectivity index (χ1) is 13.5. The van der Waals surface area contributed by atoms with Gasteiger partial charge in [-0.25, -0.2) is 4.79 Å². The first kappa shape index (κ1) is 19.9. The van der Waals surface area contributed by atoms with Crippen molar-refractivity contribution in [2.45, 2.75) is 26.0 Å². The van der Waals surface area contributed by atoms with E-state index < -0.39 is 6.10 Å². The Hall–Kier alpha value is -2.86. The van der Waals surface area contributed by atoms with Gasteiger partial charge in [-0.1, -0.05) is 54.1 Å². The lowest BCUT2D eigenvalue weighted by molar-refractivity contribution is -0.122. The third-order valence-electron chi connectivity index (χ3n) is 5.17. The Morgan fingerprint density at radius 1 is 1.11 bits per heavy atom. The first-order valence-corrected chi connectivity index (χ1v) is 9.53. The van der Waals surface area contributed by atoms with Crippen LogP contribution in [-0.2, 0) is 11.3 Å². The fraction of sp³-hybridized carbons (Fsp3) is 0.364. The molecule has 1 aliphatic rings. The molecule has 0 aliphatic carbocycles. The summed E-state index contributed by atoms with van der Waals surface area (Å²) in [5, 5.41) is 15.5. The number of likely N-dealkylation sites (tertiary alicyclic amines) is 1. The molecule has 0 bridgehead atoms. The number of aliphatic hydroxyl groups excluding tert-OH is 1. The summed E-state index contributed by atoms with van der Waals surface area (Å²) >= 11 is 0. The molecule has 0 radical (unpaired) electrons. The van der Waals surface area contributed by atoms with Crippen molar-refractivity contribution in [3.8, 4) is 11.1 Å². The summed E-state index contributed by atoms with van der Waals surface area (Å²) in [6, 6.07) is 16.2. The van der Waals surface area contributed by atoms with E-state index in [1.165, 1.54) is 11.1 Å². The average Bonchev–Trinajstić information content (AvgIpc) is 3.07. The van der Waals surface area contributed by atoms with E-state index in [0.29, 0.717) is 13.1 Å². The minimum atomic E-state index is -0.670. The molecule has 0 aromatic heterocycles. The largest absolute Gasteiger partial charge is 0.391 e. The number of carbonyl (C=O) groups excluding carboxylic acids is 2. The molecule has 6 nitrogen and oxygen atoms in total. The SMILES string of the molecule is CNC(=O)C[C@@H]1CN(C(=O)NCc2ccc(-c3cccc(C)c3)cc2)C[C@H]1O. The lowest BCUT2D eigenvalue weighted by Gasteiger charge is -2.17. The topological polar surface area (TPSA) is 81.7 Å². The van der Waals surface area contributed by atoms with Crippen molar-refractivity contribution < 1.29 is 14.7 Å². The summed E-state index contributed by atoms with van der Waals surface area (Å²) in [7, 11) is 1.57. The molecule has 2 atom stereocenters. The van der Waals surface area contributed by atoms with Gasteiger partial charge >= 0.3 is 6.03 Å². The van der Waals surface area contributed by atoms with Crippen LogP contribution >= 0.6 is 0 Å². The number of rotatable bonds is 5. The lowest BCUT2D eigenvalue weighted by Crippen LogP contribution is -2.38. The molecule has 1 fully saturated rings. The van der Waals surface area contributed by atoms with Gasteiger partial charge in [0.25, 0.3) is 0 Å². The number of β-amino-alcohol motifs (C(OH)–C–C–N with tert-alkyl or cyclic N) is 1. The third-order valence-corrected chi connectivity index (χ3v) is 5.17. The molecular formula is C22H27N3O3. The van der Waals surface area contributed by atoms with Crippen molar-refractivity contribution in [1.82, 2.24) is 15.5 Å². The van der Waals surface area contributed by atoms with Crippen LogP contribution in [0, 0.1) is 12.8 Å². The molecule has 148 valence electrons. The average molecular weight is 381 g/mol. The van der Waals surface area contributed by atoms with E-state index in [1.807, 2.05) is 18.2 Å². The van der Waals surface area contributed by atoms with Crippen LogP contribution in [0.25, 0.3) is 11.1 Å². The Balaban J connectivity index is 1.53. The molecular weight excluding hydrogens is 354 g/mol. The minimum Gasteiger partial charge on any atom is -0.391 e. The minimum absolute atomic E-state index is 0.125. The number of nitrogens with zero attached hydrogens (tertiary/aromatic N) is 1. The molecule has 3 rings (SSSR count). The number of hydrogen-bond acceptors (Lipinski definition) is 3. The first-order valence-electron chi connectivity index (χ1n) is 9.53. The van der Waals surface area contributed by atoms with Crippen LogP contribution in [0.15, 0.2) is 48.5 Å². The number of carbonyl (C=O) groups is 2. The van der Waals surface area contributed by atoms with Gasteiger partial charge in [0.1, 0.15) is 0 Å². The highest BCUT2D eigenvalue weighted by molar-refractivity contribution is 5.77. The summed E-state index contributed by atoms with van der Waals surface area (Å²) in [6.07, 6.45) is -0.446. The number of benzene rings is 2. The molecule has 2 aromatic rings. The van der Waals surface area contributed by atoms with Crippen LogP contribution in [0.2, 0.25) is 0 Å². The van der Waals surface area contributed by atoms with Crippen LogP contribution < -0.4 is 10.6 Å². The number of amides is 3. The van der Waals surface area contributed by atoms with Gasteiger partial charge in [0.2, 0.25) is 5.91 Å². The van der Waals surface area contributed by atoms with Gasteiger partial charge in [-0.3, -0.25) is 4.79 Å². The zero-order chi connectivity index (χ0) is 20.1. The van der Waals surface area contributed by atoms with Crippen molar-refractivity contribution in [3.05, 3.63) is 59.7 Å². The van der Waals surface area contributed by atoms with E-state index in [-0.39, 0.29) is 30.8 Å². The second kappa shape index (κ2) is 8.89. The van der Waals surface area contributed by atoms with Gasteiger partial charge < -0.3 is 20.6 Å². The Kier molecular flexibility index (Phi) is 6.31. The molecule has 28 heavy (non-hydrogen) atoms. The highest BCUT2D eigenvalue weighted by Crippen LogP contribution is 2.22. The zero-order valence-electron chi connectivity index (χ0n) is 16.3. The predicted octanol–water partition coefficient (Wildman–Crippen LogP) is 2.30.